The molecule has 8 nitrogen and oxygen atoms in total. The van der Waals surface area contributed by atoms with Crippen molar-refractivity contribution in [2.75, 3.05) is 26.2 Å². The summed E-state index contributed by atoms with van der Waals surface area (Å²) in [5, 5.41) is 9.39. The monoisotopic (exact) mass is 463 g/mol. The van der Waals surface area contributed by atoms with Gasteiger partial charge in [-0.3, -0.25) is 4.79 Å². The van der Waals surface area contributed by atoms with Crippen LogP contribution >= 0.6 is 0 Å². The summed E-state index contributed by atoms with van der Waals surface area (Å²) in [7, 11) is -3.53. The number of amides is 1. The third-order valence-corrected chi connectivity index (χ3v) is 6.85. The minimum atomic E-state index is -3.53. The average Bonchev–Trinajstić information content (AvgIpc) is 3.30. The molecule has 33 heavy (non-hydrogen) atoms. The first kappa shape index (κ1) is 22.6. The Bertz CT molecular complexity index is 1230. The van der Waals surface area contributed by atoms with Gasteiger partial charge in [-0.2, -0.15) is 4.31 Å². The summed E-state index contributed by atoms with van der Waals surface area (Å²) >= 11 is 0. The average molecular weight is 464 g/mol. The molecule has 0 aliphatic carbocycles. The highest BCUT2D eigenvalue weighted by Gasteiger charge is 2.26. The molecule has 0 spiro atoms. The highest BCUT2D eigenvalue weighted by atomic mass is 32.2. The van der Waals surface area contributed by atoms with Crippen LogP contribution in [-0.2, 0) is 21.4 Å². The van der Waals surface area contributed by atoms with Crippen LogP contribution in [0.3, 0.4) is 0 Å². The molecule has 1 amide bonds. The number of aromatic nitrogens is 3. The Hall–Kier alpha value is -3.56. The summed E-state index contributed by atoms with van der Waals surface area (Å²) < 4.78 is 28.3. The molecule has 1 saturated heterocycles. The van der Waals surface area contributed by atoms with Crippen molar-refractivity contribution in [1.29, 1.82) is 0 Å². The SMILES string of the molecule is O=C(/C=C/c1cn(Cc2ccccc2)nn1)N1CCN(S(=O)(=O)/C=C/c2ccccc2)CC1. The number of carbonyl (C=O) groups is 1. The Balaban J connectivity index is 1.29. The zero-order chi connectivity index (χ0) is 23.1. The molecular formula is C24H25N5O3S. The molecule has 2 heterocycles. The zero-order valence-corrected chi connectivity index (χ0v) is 18.9. The fourth-order valence-corrected chi connectivity index (χ4v) is 4.65. The second-order valence-electron chi connectivity index (χ2n) is 7.64. The number of hydrogen-bond donors (Lipinski definition) is 0. The van der Waals surface area contributed by atoms with E-state index in [1.54, 1.807) is 27.9 Å². The van der Waals surface area contributed by atoms with Gasteiger partial charge >= 0.3 is 0 Å². The number of piperazine rings is 1. The standard InChI is InChI=1S/C24H25N5O3S/c30-24(12-11-23-20-28(26-25-23)19-22-9-5-2-6-10-22)27-14-16-29(17-15-27)33(31,32)18-13-21-7-3-1-4-8-21/h1-13,18,20H,14-17,19H2/b12-11+,18-13+. The quantitative estimate of drug-likeness (QED) is 0.503. The van der Waals surface area contributed by atoms with Crippen LogP contribution in [0.15, 0.2) is 78.3 Å². The molecule has 1 aliphatic heterocycles. The van der Waals surface area contributed by atoms with Gasteiger partial charge in [0.05, 0.1) is 12.7 Å². The first-order chi connectivity index (χ1) is 16.0. The first-order valence-corrected chi connectivity index (χ1v) is 12.1. The number of sulfonamides is 1. The van der Waals surface area contributed by atoms with Crippen LogP contribution in [0.2, 0.25) is 0 Å². The van der Waals surface area contributed by atoms with Gasteiger partial charge in [0.1, 0.15) is 5.69 Å². The van der Waals surface area contributed by atoms with E-state index in [2.05, 4.69) is 10.3 Å². The number of carbonyl (C=O) groups excluding carboxylic acids is 1. The Morgan fingerprint density at radius 2 is 1.58 bits per heavy atom. The number of nitrogens with zero attached hydrogens (tertiary/aromatic N) is 5. The van der Waals surface area contributed by atoms with Crippen LogP contribution in [0.1, 0.15) is 16.8 Å². The maximum Gasteiger partial charge on any atom is 0.246 e. The Kier molecular flexibility index (Phi) is 7.11. The fraction of sp³-hybridized carbons (Fsp3) is 0.208. The van der Waals surface area contributed by atoms with Gasteiger partial charge in [-0.25, -0.2) is 13.1 Å². The molecule has 0 N–H and O–H groups in total. The van der Waals surface area contributed by atoms with Crippen LogP contribution < -0.4 is 0 Å². The van der Waals surface area contributed by atoms with Crippen molar-refractivity contribution >= 4 is 28.1 Å². The predicted molar refractivity (Wildman–Crippen MR) is 127 cm³/mol. The van der Waals surface area contributed by atoms with Gasteiger partial charge in [0.2, 0.25) is 15.9 Å². The number of rotatable bonds is 7. The fourth-order valence-electron chi connectivity index (χ4n) is 3.48. The van der Waals surface area contributed by atoms with Crippen LogP contribution in [0.4, 0.5) is 0 Å². The van der Waals surface area contributed by atoms with Crippen molar-refractivity contribution in [3.8, 4) is 0 Å². The molecule has 3 aromatic rings. The lowest BCUT2D eigenvalue weighted by atomic mass is 10.2. The minimum absolute atomic E-state index is 0.176. The molecule has 1 aromatic heterocycles. The van der Waals surface area contributed by atoms with Gasteiger partial charge in [0.25, 0.3) is 0 Å². The van der Waals surface area contributed by atoms with Crippen LogP contribution in [0, 0.1) is 0 Å². The molecule has 2 aromatic carbocycles. The van der Waals surface area contributed by atoms with Crippen molar-refractivity contribution in [3.05, 3.63) is 95.2 Å². The van der Waals surface area contributed by atoms with Gasteiger partial charge in [-0.1, -0.05) is 65.9 Å². The normalized spacial score (nSPS) is 15.5. The largest absolute Gasteiger partial charge is 0.337 e. The number of hydrogen-bond acceptors (Lipinski definition) is 5. The van der Waals surface area contributed by atoms with E-state index in [1.165, 1.54) is 15.8 Å². The maximum atomic E-state index is 12.6. The topological polar surface area (TPSA) is 88.4 Å². The van der Waals surface area contributed by atoms with Crippen LogP contribution in [0.25, 0.3) is 12.2 Å². The second kappa shape index (κ2) is 10.4. The molecule has 4 rings (SSSR count). The Morgan fingerprint density at radius 3 is 2.27 bits per heavy atom. The van der Waals surface area contributed by atoms with Gasteiger partial charge < -0.3 is 4.90 Å². The lowest BCUT2D eigenvalue weighted by Crippen LogP contribution is -2.49. The lowest BCUT2D eigenvalue weighted by Gasteiger charge is -2.32. The highest BCUT2D eigenvalue weighted by Crippen LogP contribution is 2.12. The second-order valence-corrected chi connectivity index (χ2v) is 9.46. The van der Waals surface area contributed by atoms with E-state index in [9.17, 15) is 13.2 Å². The summed E-state index contributed by atoms with van der Waals surface area (Å²) in [6.07, 6.45) is 6.44. The van der Waals surface area contributed by atoms with Crippen LogP contribution in [0.5, 0.6) is 0 Å². The van der Waals surface area contributed by atoms with Crippen molar-refractivity contribution < 1.29 is 13.2 Å². The van der Waals surface area contributed by atoms with E-state index in [4.69, 9.17) is 0 Å². The zero-order valence-electron chi connectivity index (χ0n) is 18.1. The summed E-state index contributed by atoms with van der Waals surface area (Å²) in [5.41, 5.74) is 2.52. The summed E-state index contributed by atoms with van der Waals surface area (Å²) in [6.45, 7) is 1.79. The Morgan fingerprint density at radius 1 is 0.909 bits per heavy atom. The van der Waals surface area contributed by atoms with E-state index < -0.39 is 10.0 Å². The molecule has 1 fully saturated rings. The summed E-state index contributed by atoms with van der Waals surface area (Å²) in [4.78, 5) is 14.2. The van der Waals surface area contributed by atoms with Gasteiger partial charge in [0, 0.05) is 37.7 Å². The minimum Gasteiger partial charge on any atom is -0.337 e. The molecule has 170 valence electrons. The van der Waals surface area contributed by atoms with Gasteiger partial charge in [-0.05, 0) is 23.3 Å². The van der Waals surface area contributed by atoms with Gasteiger partial charge in [0.15, 0.2) is 0 Å². The predicted octanol–water partition coefficient (Wildman–Crippen LogP) is 2.48. The third kappa shape index (κ3) is 6.24. The molecular weight excluding hydrogens is 438 g/mol. The van der Waals surface area contributed by atoms with E-state index >= 15 is 0 Å². The van der Waals surface area contributed by atoms with E-state index in [0.29, 0.717) is 25.3 Å². The third-order valence-electron chi connectivity index (χ3n) is 5.28. The van der Waals surface area contributed by atoms with Crippen molar-refractivity contribution in [2.45, 2.75) is 6.54 Å². The molecule has 0 bridgehead atoms. The van der Waals surface area contributed by atoms with E-state index in [1.807, 2.05) is 60.7 Å². The Labute approximate surface area is 193 Å². The van der Waals surface area contributed by atoms with Crippen molar-refractivity contribution in [2.24, 2.45) is 0 Å². The van der Waals surface area contributed by atoms with E-state index in [0.717, 1.165) is 11.1 Å². The smallest absolute Gasteiger partial charge is 0.246 e. The summed E-state index contributed by atoms with van der Waals surface area (Å²) in [5.74, 6) is -0.176. The van der Waals surface area contributed by atoms with Crippen molar-refractivity contribution in [1.82, 2.24) is 24.2 Å². The van der Waals surface area contributed by atoms with E-state index in [-0.39, 0.29) is 19.0 Å². The molecule has 1 aliphatic rings. The van der Waals surface area contributed by atoms with Gasteiger partial charge in [-0.15, -0.1) is 5.10 Å². The first-order valence-electron chi connectivity index (χ1n) is 10.6. The molecule has 0 radical (unpaired) electrons. The molecule has 0 atom stereocenters. The maximum absolute atomic E-state index is 12.6. The summed E-state index contributed by atoms with van der Waals surface area (Å²) in [6, 6.07) is 19.2. The lowest BCUT2D eigenvalue weighted by molar-refractivity contribution is -0.127. The highest BCUT2D eigenvalue weighted by molar-refractivity contribution is 7.92. The molecule has 0 unspecified atom stereocenters. The number of benzene rings is 2. The van der Waals surface area contributed by atoms with Crippen LogP contribution in [-0.4, -0.2) is 64.7 Å². The molecule has 9 heteroatoms. The molecule has 0 saturated carbocycles. The van der Waals surface area contributed by atoms with Crippen molar-refractivity contribution in [3.63, 3.8) is 0 Å².